The molecule has 0 spiro atoms. The molecule has 0 aliphatic rings. The van der Waals surface area contributed by atoms with Gasteiger partial charge < -0.3 is 10.2 Å². The van der Waals surface area contributed by atoms with Gasteiger partial charge in [-0.3, -0.25) is 13.9 Å². The molecule has 2 aromatic carbocycles. The number of para-hydroxylation sites is 1. The number of sulfonamides is 1. The largest absolute Gasteiger partial charge is 0.335 e. The number of carbonyl (C=O) groups is 2. The van der Waals surface area contributed by atoms with Gasteiger partial charge in [0.2, 0.25) is 21.8 Å². The number of likely N-dealkylation sites (N-methyl/N-ethyl adjacent to an activating group) is 1. The van der Waals surface area contributed by atoms with E-state index in [0.717, 1.165) is 21.5 Å². The molecule has 0 fully saturated rings. The van der Waals surface area contributed by atoms with E-state index in [0.29, 0.717) is 17.3 Å². The van der Waals surface area contributed by atoms with Gasteiger partial charge in [-0.05, 0) is 30.7 Å². The molecule has 2 amide bonds. The average Bonchev–Trinajstić information content (AvgIpc) is 2.66. The summed E-state index contributed by atoms with van der Waals surface area (Å²) >= 11 is 0. The lowest BCUT2D eigenvalue weighted by Gasteiger charge is -2.26. The monoisotopic (exact) mass is 443 g/mol. The summed E-state index contributed by atoms with van der Waals surface area (Å²) in [4.78, 5) is 25.5. The second-order valence-electron chi connectivity index (χ2n) is 6.58. The Labute approximate surface area is 172 Å². The van der Waals surface area contributed by atoms with Crippen molar-refractivity contribution in [1.82, 2.24) is 4.90 Å². The summed E-state index contributed by atoms with van der Waals surface area (Å²) in [6, 6.07) is 8.06. The van der Waals surface area contributed by atoms with Crippen molar-refractivity contribution < 1.29 is 31.2 Å². The summed E-state index contributed by atoms with van der Waals surface area (Å²) in [7, 11) is -2.55. The van der Waals surface area contributed by atoms with Crippen LogP contribution >= 0.6 is 0 Å². The van der Waals surface area contributed by atoms with E-state index < -0.39 is 58.1 Å². The molecule has 11 heteroatoms. The summed E-state index contributed by atoms with van der Waals surface area (Å²) in [6.07, 6.45) is 0.950. The zero-order valence-corrected chi connectivity index (χ0v) is 17.3. The van der Waals surface area contributed by atoms with E-state index in [1.54, 1.807) is 31.2 Å². The summed E-state index contributed by atoms with van der Waals surface area (Å²) in [5.41, 5.74) is 0.359. The molecule has 162 valence electrons. The average molecular weight is 443 g/mol. The van der Waals surface area contributed by atoms with E-state index >= 15 is 0 Å². The Kier molecular flexibility index (Phi) is 7.08. The zero-order valence-electron chi connectivity index (χ0n) is 16.4. The smallest absolute Gasteiger partial charge is 0.244 e. The molecule has 0 heterocycles. The molecule has 0 aliphatic carbocycles. The van der Waals surface area contributed by atoms with Crippen LogP contribution in [0.4, 0.5) is 24.5 Å². The summed E-state index contributed by atoms with van der Waals surface area (Å²) in [6.45, 7) is 0.557. The van der Waals surface area contributed by atoms with Crippen molar-refractivity contribution in [2.75, 3.05) is 36.0 Å². The first kappa shape index (κ1) is 23.2. The van der Waals surface area contributed by atoms with Crippen molar-refractivity contribution in [3.8, 4) is 0 Å². The molecule has 0 atom stereocenters. The van der Waals surface area contributed by atoms with Gasteiger partial charge in [-0.1, -0.05) is 18.2 Å². The van der Waals surface area contributed by atoms with Crippen LogP contribution in [0.15, 0.2) is 36.4 Å². The first-order chi connectivity index (χ1) is 13.9. The fourth-order valence-corrected chi connectivity index (χ4v) is 3.49. The molecular formula is C19H20F3N3O4S. The fraction of sp³-hybridized carbons (Fsp3) is 0.263. The molecule has 1 N–H and O–H groups in total. The van der Waals surface area contributed by atoms with Gasteiger partial charge in [0, 0.05) is 7.05 Å². The lowest BCUT2D eigenvalue weighted by atomic mass is 10.2. The van der Waals surface area contributed by atoms with Crippen molar-refractivity contribution in [1.29, 1.82) is 0 Å². The number of nitrogens with zero attached hydrogens (tertiary/aromatic N) is 2. The van der Waals surface area contributed by atoms with Gasteiger partial charge in [-0.15, -0.1) is 0 Å². The number of amides is 2. The van der Waals surface area contributed by atoms with E-state index in [9.17, 15) is 31.2 Å². The fourth-order valence-electron chi connectivity index (χ4n) is 2.58. The normalized spacial score (nSPS) is 11.1. The predicted molar refractivity (Wildman–Crippen MR) is 106 cm³/mol. The second-order valence-corrected chi connectivity index (χ2v) is 8.48. The third kappa shape index (κ3) is 5.50. The van der Waals surface area contributed by atoms with Crippen LogP contribution in [0.5, 0.6) is 0 Å². The number of rotatable bonds is 7. The number of nitrogens with one attached hydrogen (secondary N) is 1. The van der Waals surface area contributed by atoms with Gasteiger partial charge >= 0.3 is 0 Å². The minimum atomic E-state index is -3.80. The van der Waals surface area contributed by atoms with Gasteiger partial charge in [0.25, 0.3) is 0 Å². The number of aryl methyl sites for hydroxylation is 1. The van der Waals surface area contributed by atoms with Crippen molar-refractivity contribution in [2.24, 2.45) is 0 Å². The van der Waals surface area contributed by atoms with Crippen LogP contribution < -0.4 is 9.62 Å². The second kappa shape index (κ2) is 9.16. The van der Waals surface area contributed by atoms with Gasteiger partial charge in [0.15, 0.2) is 17.5 Å². The highest BCUT2D eigenvalue weighted by atomic mass is 32.2. The number of hydrogen-bond donors (Lipinski definition) is 1. The molecule has 0 bridgehead atoms. The predicted octanol–water partition coefficient (Wildman–Crippen LogP) is 2.28. The number of halogens is 3. The van der Waals surface area contributed by atoms with Crippen molar-refractivity contribution in [3.63, 3.8) is 0 Å². The SMILES string of the molecule is Cc1ccccc1N(CC(=O)N(C)CC(=O)Nc1ccc(F)c(F)c1F)S(C)(=O)=O. The van der Waals surface area contributed by atoms with E-state index in [2.05, 4.69) is 0 Å². The van der Waals surface area contributed by atoms with E-state index in [-0.39, 0.29) is 0 Å². The summed E-state index contributed by atoms with van der Waals surface area (Å²) < 4.78 is 65.1. The molecule has 0 saturated heterocycles. The van der Waals surface area contributed by atoms with Crippen LogP contribution in [0.25, 0.3) is 0 Å². The Morgan fingerprint density at radius 3 is 2.23 bits per heavy atom. The van der Waals surface area contributed by atoms with Crippen molar-refractivity contribution in [3.05, 3.63) is 59.4 Å². The summed E-state index contributed by atoms with van der Waals surface area (Å²) in [5, 5.41) is 2.04. The molecule has 0 radical (unpaired) electrons. The van der Waals surface area contributed by atoms with Gasteiger partial charge in [-0.25, -0.2) is 21.6 Å². The number of benzene rings is 2. The van der Waals surface area contributed by atoms with Crippen molar-refractivity contribution in [2.45, 2.75) is 6.92 Å². The van der Waals surface area contributed by atoms with Gasteiger partial charge in [0.1, 0.15) is 6.54 Å². The Morgan fingerprint density at radius 2 is 1.63 bits per heavy atom. The zero-order chi connectivity index (χ0) is 22.6. The third-order valence-corrected chi connectivity index (χ3v) is 5.31. The molecule has 0 aromatic heterocycles. The van der Waals surface area contributed by atoms with Crippen LogP contribution in [-0.4, -0.2) is 51.5 Å². The van der Waals surface area contributed by atoms with E-state index in [1.165, 1.54) is 7.05 Å². The summed E-state index contributed by atoms with van der Waals surface area (Å²) in [5.74, 6) is -6.30. The molecule has 2 rings (SSSR count). The van der Waals surface area contributed by atoms with Crippen LogP contribution in [0, 0.1) is 24.4 Å². The third-order valence-electron chi connectivity index (χ3n) is 4.18. The lowest BCUT2D eigenvalue weighted by Crippen LogP contribution is -2.43. The first-order valence-corrected chi connectivity index (χ1v) is 10.5. The lowest BCUT2D eigenvalue weighted by molar-refractivity contribution is -0.131. The number of anilines is 2. The maximum atomic E-state index is 13.7. The first-order valence-electron chi connectivity index (χ1n) is 8.62. The Bertz CT molecular complexity index is 1080. The molecule has 0 unspecified atom stereocenters. The Morgan fingerprint density at radius 1 is 1.00 bits per heavy atom. The number of hydrogen-bond acceptors (Lipinski definition) is 4. The van der Waals surface area contributed by atoms with E-state index in [1.807, 2.05) is 5.32 Å². The molecule has 7 nitrogen and oxygen atoms in total. The Balaban J connectivity index is 2.10. The highest BCUT2D eigenvalue weighted by Gasteiger charge is 2.25. The van der Waals surface area contributed by atoms with Crippen LogP contribution in [0.1, 0.15) is 5.56 Å². The van der Waals surface area contributed by atoms with Crippen LogP contribution in [-0.2, 0) is 19.6 Å². The Hall–Kier alpha value is -3.08. The highest BCUT2D eigenvalue weighted by Crippen LogP contribution is 2.22. The van der Waals surface area contributed by atoms with Gasteiger partial charge in [0.05, 0.1) is 24.2 Å². The van der Waals surface area contributed by atoms with Crippen LogP contribution in [0.3, 0.4) is 0 Å². The molecule has 30 heavy (non-hydrogen) atoms. The minimum Gasteiger partial charge on any atom is -0.335 e. The molecule has 0 saturated carbocycles. The van der Waals surface area contributed by atoms with Crippen molar-refractivity contribution >= 4 is 33.2 Å². The highest BCUT2D eigenvalue weighted by molar-refractivity contribution is 7.92. The van der Waals surface area contributed by atoms with E-state index in [4.69, 9.17) is 0 Å². The maximum Gasteiger partial charge on any atom is 0.244 e. The molecule has 2 aromatic rings. The molecular weight excluding hydrogens is 423 g/mol. The van der Waals surface area contributed by atoms with Gasteiger partial charge in [-0.2, -0.15) is 0 Å². The van der Waals surface area contributed by atoms with Crippen LogP contribution in [0.2, 0.25) is 0 Å². The number of carbonyl (C=O) groups excluding carboxylic acids is 2. The molecule has 0 aliphatic heterocycles. The minimum absolute atomic E-state index is 0.315. The maximum absolute atomic E-state index is 13.7. The topological polar surface area (TPSA) is 86.8 Å². The quantitative estimate of drug-likeness (QED) is 0.666. The standard InChI is InChI=1S/C19H20F3N3O4S/c1-12-6-4-5-7-15(12)25(30(3,28)29)11-17(27)24(2)10-16(26)23-14-9-8-13(20)18(21)19(14)22/h4-9H,10-11H2,1-3H3,(H,23,26).